The van der Waals surface area contributed by atoms with Gasteiger partial charge in [-0.2, -0.15) is 0 Å². The van der Waals surface area contributed by atoms with Crippen molar-refractivity contribution >= 4 is 28.3 Å². The highest BCUT2D eigenvalue weighted by Gasteiger charge is 2.30. The summed E-state index contributed by atoms with van der Waals surface area (Å²) >= 11 is 0. The second-order valence-electron chi connectivity index (χ2n) is 6.82. The molecule has 0 aromatic heterocycles. The molecule has 150 valence electrons. The molecule has 6 nitrogen and oxygen atoms in total. The van der Waals surface area contributed by atoms with E-state index in [1.54, 1.807) is 12.1 Å². The lowest BCUT2D eigenvalue weighted by Crippen LogP contribution is -2.49. The number of aliphatic carboxylic acids is 1. The van der Waals surface area contributed by atoms with E-state index in [2.05, 4.69) is 5.32 Å². The first-order chi connectivity index (χ1) is 14.0. The smallest absolute Gasteiger partial charge is 0.328 e. The molecule has 3 aromatic carbocycles. The van der Waals surface area contributed by atoms with Crippen LogP contribution in [0.1, 0.15) is 29.3 Å². The molecule has 0 bridgehead atoms. The van der Waals surface area contributed by atoms with Crippen LogP contribution in [0.3, 0.4) is 0 Å². The number of nitrogens with two attached hydrogens (primary N) is 1. The number of ether oxygens (including phenoxy) is 1. The van der Waals surface area contributed by atoms with Gasteiger partial charge in [0, 0.05) is 5.69 Å². The van der Waals surface area contributed by atoms with Crippen LogP contribution in [0.2, 0.25) is 0 Å². The summed E-state index contributed by atoms with van der Waals surface area (Å²) in [5.74, 6) is -1.69. The molecule has 3 aromatic rings. The number of nitrogen functional groups attached to an aromatic ring is 1. The molecule has 0 saturated heterocycles. The van der Waals surface area contributed by atoms with E-state index >= 15 is 0 Å². The van der Waals surface area contributed by atoms with Gasteiger partial charge >= 0.3 is 5.97 Å². The topological polar surface area (TPSA) is 102 Å². The van der Waals surface area contributed by atoms with E-state index in [1.807, 2.05) is 61.5 Å². The van der Waals surface area contributed by atoms with Gasteiger partial charge < -0.3 is 20.9 Å². The largest absolute Gasteiger partial charge is 0.480 e. The van der Waals surface area contributed by atoms with Crippen molar-refractivity contribution in [2.75, 3.05) is 5.73 Å². The summed E-state index contributed by atoms with van der Waals surface area (Å²) in [6.45, 7) is 2.08. The number of carbonyl (C=O) groups is 2. The molecule has 6 heteroatoms. The van der Waals surface area contributed by atoms with Crippen molar-refractivity contribution in [1.29, 1.82) is 0 Å². The number of carboxylic acid groups (broad SMARTS) is 1. The molecule has 3 rings (SSSR count). The molecule has 2 atom stereocenters. The van der Waals surface area contributed by atoms with Crippen molar-refractivity contribution < 1.29 is 19.4 Å². The number of fused-ring (bicyclic) bond motifs is 1. The van der Waals surface area contributed by atoms with E-state index in [9.17, 15) is 14.7 Å². The van der Waals surface area contributed by atoms with E-state index in [0.29, 0.717) is 12.1 Å². The van der Waals surface area contributed by atoms with Gasteiger partial charge in [-0.05, 0) is 34.9 Å². The maximum Gasteiger partial charge on any atom is 0.328 e. The summed E-state index contributed by atoms with van der Waals surface area (Å²) < 4.78 is 5.81. The minimum atomic E-state index is -1.19. The van der Waals surface area contributed by atoms with Crippen molar-refractivity contribution in [2.45, 2.75) is 32.1 Å². The summed E-state index contributed by atoms with van der Waals surface area (Å²) in [5, 5.41) is 14.0. The Hall–Kier alpha value is -3.38. The zero-order valence-electron chi connectivity index (χ0n) is 16.2. The van der Waals surface area contributed by atoms with E-state index in [1.165, 1.54) is 0 Å². The predicted molar refractivity (Wildman–Crippen MR) is 113 cm³/mol. The Balaban J connectivity index is 1.77. The molecular weight excluding hydrogens is 368 g/mol. The number of carbonyl (C=O) groups excluding carboxylic acids is 1. The lowest BCUT2D eigenvalue weighted by molar-refractivity contribution is -0.144. The molecule has 0 saturated carbocycles. The standard InChI is InChI=1S/C23H24N2O4/c1-2-20(29-14-15-8-4-3-5-9-15)21(23(27)28)25-22(26)18-12-16-10-6-7-11-17(16)13-19(18)24/h3-13,20-21H,2,14,24H2,1H3,(H,25,26)(H,27,28)/t20-,21+/m1/s1. The van der Waals surface area contributed by atoms with Gasteiger partial charge in [0.1, 0.15) is 0 Å². The van der Waals surface area contributed by atoms with Crippen molar-refractivity contribution in [2.24, 2.45) is 0 Å². The fraction of sp³-hybridized carbons (Fsp3) is 0.217. The molecule has 0 radical (unpaired) electrons. The fourth-order valence-electron chi connectivity index (χ4n) is 3.21. The van der Waals surface area contributed by atoms with E-state index in [4.69, 9.17) is 10.5 Å². The van der Waals surface area contributed by atoms with E-state index in [-0.39, 0.29) is 12.2 Å². The zero-order valence-corrected chi connectivity index (χ0v) is 16.2. The fourth-order valence-corrected chi connectivity index (χ4v) is 3.21. The Labute approximate surface area is 169 Å². The summed E-state index contributed by atoms with van der Waals surface area (Å²) in [5.41, 5.74) is 7.51. The van der Waals surface area contributed by atoms with Gasteiger partial charge in [-0.3, -0.25) is 4.79 Å². The number of anilines is 1. The second-order valence-corrected chi connectivity index (χ2v) is 6.82. The van der Waals surface area contributed by atoms with Crippen molar-refractivity contribution in [3.8, 4) is 0 Å². The van der Waals surface area contributed by atoms with Crippen LogP contribution in [0.5, 0.6) is 0 Å². The first kappa shape index (κ1) is 20.4. The first-order valence-corrected chi connectivity index (χ1v) is 9.47. The van der Waals surface area contributed by atoms with Gasteiger partial charge in [0.05, 0.1) is 18.3 Å². The summed E-state index contributed by atoms with van der Waals surface area (Å²) in [7, 11) is 0. The van der Waals surface area contributed by atoms with Crippen molar-refractivity contribution in [3.05, 3.63) is 77.9 Å². The van der Waals surface area contributed by atoms with Gasteiger partial charge in [-0.15, -0.1) is 0 Å². The highest BCUT2D eigenvalue weighted by Crippen LogP contribution is 2.22. The Morgan fingerprint density at radius 1 is 1.03 bits per heavy atom. The molecule has 0 aliphatic carbocycles. The number of rotatable bonds is 8. The van der Waals surface area contributed by atoms with Gasteiger partial charge in [0.25, 0.3) is 5.91 Å². The molecule has 29 heavy (non-hydrogen) atoms. The molecule has 0 aliphatic rings. The number of benzene rings is 3. The minimum Gasteiger partial charge on any atom is -0.480 e. The molecule has 1 amide bonds. The van der Waals surface area contributed by atoms with Crippen LogP contribution >= 0.6 is 0 Å². The third-order valence-electron chi connectivity index (χ3n) is 4.80. The monoisotopic (exact) mass is 392 g/mol. The first-order valence-electron chi connectivity index (χ1n) is 9.47. The van der Waals surface area contributed by atoms with E-state index < -0.39 is 24.0 Å². The average molecular weight is 392 g/mol. The molecule has 0 unspecified atom stereocenters. The maximum absolute atomic E-state index is 12.8. The number of hydrogen-bond acceptors (Lipinski definition) is 4. The average Bonchev–Trinajstić information content (AvgIpc) is 2.73. The van der Waals surface area contributed by atoms with Gasteiger partial charge in [0.2, 0.25) is 0 Å². The summed E-state index contributed by atoms with van der Waals surface area (Å²) in [4.78, 5) is 24.7. The molecule has 4 N–H and O–H groups in total. The van der Waals surface area contributed by atoms with E-state index in [0.717, 1.165) is 16.3 Å². The normalized spacial score (nSPS) is 13.0. The lowest BCUT2D eigenvalue weighted by atomic mass is 10.0. The predicted octanol–water partition coefficient (Wildman–Crippen LogP) is 3.60. The Bertz CT molecular complexity index is 1000. The third kappa shape index (κ3) is 4.92. The van der Waals surface area contributed by atoms with Crippen molar-refractivity contribution in [1.82, 2.24) is 5.32 Å². The van der Waals surface area contributed by atoms with Crippen LogP contribution in [0.15, 0.2) is 66.7 Å². The zero-order chi connectivity index (χ0) is 20.8. The third-order valence-corrected chi connectivity index (χ3v) is 4.80. The molecular formula is C23H24N2O4. The Morgan fingerprint density at radius 2 is 1.66 bits per heavy atom. The highest BCUT2D eigenvalue weighted by atomic mass is 16.5. The van der Waals surface area contributed by atoms with Gasteiger partial charge in [0.15, 0.2) is 6.04 Å². The number of nitrogens with one attached hydrogen (secondary N) is 1. The minimum absolute atomic E-state index is 0.243. The number of carboxylic acids is 1. The molecule has 0 fully saturated rings. The van der Waals surface area contributed by atoms with Crippen LogP contribution in [0.25, 0.3) is 10.8 Å². The van der Waals surface area contributed by atoms with Gasteiger partial charge in [-0.1, -0.05) is 61.5 Å². The maximum atomic E-state index is 12.8. The van der Waals surface area contributed by atoms with Crippen LogP contribution in [-0.4, -0.2) is 29.1 Å². The molecule has 0 aliphatic heterocycles. The van der Waals surface area contributed by atoms with Crippen LogP contribution in [0.4, 0.5) is 5.69 Å². The SMILES string of the molecule is CC[C@@H](OCc1ccccc1)[C@H](NC(=O)c1cc2ccccc2cc1N)C(=O)O. The van der Waals surface area contributed by atoms with Crippen LogP contribution in [0, 0.1) is 0 Å². The molecule has 0 spiro atoms. The van der Waals surface area contributed by atoms with Gasteiger partial charge in [-0.25, -0.2) is 4.79 Å². The lowest BCUT2D eigenvalue weighted by Gasteiger charge is -2.24. The molecule has 0 heterocycles. The summed E-state index contributed by atoms with van der Waals surface area (Å²) in [6, 6.07) is 19.2. The van der Waals surface area contributed by atoms with Crippen molar-refractivity contribution in [3.63, 3.8) is 0 Å². The number of hydrogen-bond donors (Lipinski definition) is 3. The Morgan fingerprint density at radius 3 is 2.28 bits per heavy atom. The Kier molecular flexibility index (Phi) is 6.46. The van der Waals surface area contributed by atoms with Crippen LogP contribution < -0.4 is 11.1 Å². The number of amides is 1. The highest BCUT2D eigenvalue weighted by molar-refractivity contribution is 6.05. The second kappa shape index (κ2) is 9.21. The van der Waals surface area contributed by atoms with Crippen LogP contribution in [-0.2, 0) is 16.1 Å². The quantitative estimate of drug-likeness (QED) is 0.509. The summed E-state index contributed by atoms with van der Waals surface area (Å²) in [6.07, 6.45) is -0.254.